The van der Waals surface area contributed by atoms with Gasteiger partial charge in [0.1, 0.15) is 6.04 Å². The molecule has 76 valence electrons. The largest absolute Gasteiger partial charge is 0.480 e. The van der Waals surface area contributed by atoms with Gasteiger partial charge in [-0.2, -0.15) is 0 Å². The molecule has 2 rings (SSSR count). The zero-order valence-electron chi connectivity index (χ0n) is 7.58. The predicted molar refractivity (Wildman–Crippen MR) is 45.7 cm³/mol. The van der Waals surface area contributed by atoms with Crippen molar-refractivity contribution in [3.8, 4) is 0 Å². The lowest BCUT2D eigenvalue weighted by Crippen LogP contribution is -2.31. The Labute approximate surface area is 80.5 Å². The summed E-state index contributed by atoms with van der Waals surface area (Å²) in [7, 11) is 0. The molecular weight excluding hydrogens is 186 g/mol. The van der Waals surface area contributed by atoms with Crippen molar-refractivity contribution in [2.45, 2.75) is 25.3 Å². The van der Waals surface area contributed by atoms with E-state index < -0.39 is 17.4 Å². The smallest absolute Gasteiger partial charge is 0.320 e. The fourth-order valence-electron chi connectivity index (χ4n) is 2.27. The normalized spacial score (nSPS) is 37.0. The number of carbonyl (C=O) groups is 3. The summed E-state index contributed by atoms with van der Waals surface area (Å²) >= 11 is 0. The van der Waals surface area contributed by atoms with Crippen LogP contribution in [0.2, 0.25) is 0 Å². The number of carbonyl (C=O) groups excluding carboxylic acids is 2. The lowest BCUT2D eigenvalue weighted by Gasteiger charge is -2.17. The summed E-state index contributed by atoms with van der Waals surface area (Å²) in [5, 5.41) is 11.5. The molecule has 2 fully saturated rings. The Morgan fingerprint density at radius 3 is 2.64 bits per heavy atom. The first-order chi connectivity index (χ1) is 6.55. The first-order valence-corrected chi connectivity index (χ1v) is 4.59. The summed E-state index contributed by atoms with van der Waals surface area (Å²) in [4.78, 5) is 33.3. The van der Waals surface area contributed by atoms with Gasteiger partial charge in [-0.25, -0.2) is 0 Å². The van der Waals surface area contributed by atoms with Crippen LogP contribution in [0, 0.1) is 5.41 Å². The molecule has 0 aromatic carbocycles. The van der Waals surface area contributed by atoms with Crippen LogP contribution in [0.1, 0.15) is 19.3 Å². The van der Waals surface area contributed by atoms with Gasteiger partial charge >= 0.3 is 5.97 Å². The van der Waals surface area contributed by atoms with Gasteiger partial charge in [-0.1, -0.05) is 0 Å². The van der Waals surface area contributed by atoms with E-state index in [1.165, 1.54) is 0 Å². The van der Waals surface area contributed by atoms with Crippen LogP contribution < -0.4 is 5.32 Å². The maximum Gasteiger partial charge on any atom is 0.320 e. The molecule has 5 heteroatoms. The zero-order chi connectivity index (χ0) is 10.3. The number of hydrogen-bond donors (Lipinski definition) is 2. The van der Waals surface area contributed by atoms with Gasteiger partial charge in [0, 0.05) is 13.0 Å². The Balaban J connectivity index is 2.18. The highest BCUT2D eigenvalue weighted by Gasteiger charge is 2.52. The van der Waals surface area contributed by atoms with E-state index in [-0.39, 0.29) is 24.4 Å². The monoisotopic (exact) mass is 197 g/mol. The molecule has 2 atom stereocenters. The van der Waals surface area contributed by atoms with Crippen LogP contribution in [0.5, 0.6) is 0 Å². The van der Waals surface area contributed by atoms with Gasteiger partial charge in [0.2, 0.25) is 5.78 Å². The maximum atomic E-state index is 11.5. The van der Waals surface area contributed by atoms with E-state index in [4.69, 9.17) is 5.11 Å². The fraction of sp³-hybridized carbons (Fsp3) is 0.667. The van der Waals surface area contributed by atoms with Gasteiger partial charge < -0.3 is 10.4 Å². The second-order valence-electron chi connectivity index (χ2n) is 4.01. The third-order valence-electron chi connectivity index (χ3n) is 3.15. The van der Waals surface area contributed by atoms with Crippen LogP contribution in [-0.2, 0) is 14.4 Å². The van der Waals surface area contributed by atoms with Crippen LogP contribution in [-0.4, -0.2) is 35.2 Å². The maximum absolute atomic E-state index is 11.5. The summed E-state index contributed by atoms with van der Waals surface area (Å²) in [5.74, 6) is -1.68. The molecule has 1 heterocycles. The lowest BCUT2D eigenvalue weighted by atomic mass is 9.83. The number of carboxylic acid groups (broad SMARTS) is 1. The SMILES string of the molecule is O=C1CCC2(CNC(C(=O)O)C2)C1=O. The fourth-order valence-corrected chi connectivity index (χ4v) is 2.27. The molecule has 2 aliphatic rings. The molecule has 0 bridgehead atoms. The van der Waals surface area contributed by atoms with E-state index in [0.717, 1.165) is 0 Å². The topological polar surface area (TPSA) is 83.5 Å². The van der Waals surface area contributed by atoms with Crippen molar-refractivity contribution in [2.75, 3.05) is 6.54 Å². The molecule has 0 aromatic heterocycles. The number of hydrogen-bond acceptors (Lipinski definition) is 4. The molecule has 0 radical (unpaired) electrons. The molecule has 2 unspecified atom stereocenters. The van der Waals surface area contributed by atoms with E-state index in [0.29, 0.717) is 13.0 Å². The minimum atomic E-state index is -0.950. The first-order valence-electron chi connectivity index (χ1n) is 4.59. The highest BCUT2D eigenvalue weighted by molar-refractivity contribution is 6.41. The van der Waals surface area contributed by atoms with Gasteiger partial charge in [0.15, 0.2) is 5.78 Å². The number of carboxylic acids is 1. The molecule has 1 spiro atoms. The Kier molecular flexibility index (Phi) is 1.92. The van der Waals surface area contributed by atoms with Crippen molar-refractivity contribution in [2.24, 2.45) is 5.41 Å². The molecule has 1 aliphatic heterocycles. The molecule has 2 N–H and O–H groups in total. The molecule has 5 nitrogen and oxygen atoms in total. The van der Waals surface area contributed by atoms with Crippen molar-refractivity contribution in [3.05, 3.63) is 0 Å². The van der Waals surface area contributed by atoms with E-state index in [1.54, 1.807) is 0 Å². The van der Waals surface area contributed by atoms with E-state index in [2.05, 4.69) is 5.32 Å². The number of Topliss-reactive ketones (excluding diaryl/α,β-unsaturated/α-hetero) is 2. The molecule has 1 saturated carbocycles. The van der Waals surface area contributed by atoms with Crippen LogP contribution in [0.4, 0.5) is 0 Å². The van der Waals surface area contributed by atoms with Crippen molar-refractivity contribution in [3.63, 3.8) is 0 Å². The average molecular weight is 197 g/mol. The molecular formula is C9H11NO4. The molecule has 1 saturated heterocycles. The number of nitrogens with one attached hydrogen (secondary N) is 1. The lowest BCUT2D eigenvalue weighted by molar-refractivity contribution is -0.140. The minimum Gasteiger partial charge on any atom is -0.480 e. The van der Waals surface area contributed by atoms with Crippen LogP contribution in [0.15, 0.2) is 0 Å². The van der Waals surface area contributed by atoms with Gasteiger partial charge in [-0.15, -0.1) is 0 Å². The summed E-state index contributed by atoms with van der Waals surface area (Å²) in [6.07, 6.45) is 1.03. The van der Waals surface area contributed by atoms with Gasteiger partial charge in [0.25, 0.3) is 0 Å². The van der Waals surface area contributed by atoms with E-state index >= 15 is 0 Å². The Hall–Kier alpha value is -1.23. The molecule has 0 aromatic rings. The zero-order valence-corrected chi connectivity index (χ0v) is 7.58. The quantitative estimate of drug-likeness (QED) is 0.546. The molecule has 0 amide bonds. The van der Waals surface area contributed by atoms with Crippen molar-refractivity contribution in [1.29, 1.82) is 0 Å². The van der Waals surface area contributed by atoms with Crippen molar-refractivity contribution < 1.29 is 19.5 Å². The Bertz CT molecular complexity index is 325. The molecule has 1 aliphatic carbocycles. The second-order valence-corrected chi connectivity index (χ2v) is 4.01. The summed E-state index contributed by atoms with van der Waals surface area (Å²) < 4.78 is 0. The van der Waals surface area contributed by atoms with Crippen LogP contribution >= 0.6 is 0 Å². The Morgan fingerprint density at radius 2 is 2.21 bits per heavy atom. The summed E-state index contributed by atoms with van der Waals surface area (Å²) in [5.41, 5.74) is -0.708. The average Bonchev–Trinajstić information content (AvgIpc) is 2.68. The van der Waals surface area contributed by atoms with E-state index in [9.17, 15) is 14.4 Å². The van der Waals surface area contributed by atoms with Gasteiger partial charge in [-0.05, 0) is 12.8 Å². The number of aliphatic carboxylic acids is 1. The van der Waals surface area contributed by atoms with Gasteiger partial charge in [0.05, 0.1) is 5.41 Å². The third kappa shape index (κ3) is 1.16. The molecule has 14 heavy (non-hydrogen) atoms. The first kappa shape index (κ1) is 9.33. The highest BCUT2D eigenvalue weighted by Crippen LogP contribution is 2.40. The third-order valence-corrected chi connectivity index (χ3v) is 3.15. The number of rotatable bonds is 1. The van der Waals surface area contributed by atoms with Crippen molar-refractivity contribution in [1.82, 2.24) is 5.32 Å². The summed E-state index contributed by atoms with van der Waals surface area (Å²) in [6, 6.07) is -0.676. The minimum absolute atomic E-state index is 0.257. The predicted octanol–water partition coefficient (Wildman–Crippen LogP) is -0.649. The highest BCUT2D eigenvalue weighted by atomic mass is 16.4. The van der Waals surface area contributed by atoms with Crippen molar-refractivity contribution >= 4 is 17.5 Å². The second kappa shape index (κ2) is 2.88. The number of ketones is 2. The van der Waals surface area contributed by atoms with Crippen LogP contribution in [0.25, 0.3) is 0 Å². The van der Waals surface area contributed by atoms with E-state index in [1.807, 2.05) is 0 Å². The standard InChI is InChI=1S/C9H11NO4/c11-6-1-2-9(7(6)12)3-5(8(13)14)10-4-9/h5,10H,1-4H2,(H,13,14). The van der Waals surface area contributed by atoms with Gasteiger partial charge in [-0.3, -0.25) is 14.4 Å². The summed E-state index contributed by atoms with van der Waals surface area (Å²) in [6.45, 7) is 0.328. The Morgan fingerprint density at radius 1 is 1.50 bits per heavy atom. The van der Waals surface area contributed by atoms with Crippen LogP contribution in [0.3, 0.4) is 0 Å².